The lowest BCUT2D eigenvalue weighted by Crippen LogP contribution is -2.28. The maximum absolute atomic E-state index is 12.6. The smallest absolute Gasteiger partial charge is 0.259 e. The molecule has 0 spiro atoms. The van der Waals surface area contributed by atoms with Crippen LogP contribution in [0.2, 0.25) is 0 Å². The van der Waals surface area contributed by atoms with Gasteiger partial charge < -0.3 is 9.80 Å². The number of anilines is 2. The van der Waals surface area contributed by atoms with Crippen molar-refractivity contribution in [3.8, 4) is 0 Å². The standard InChI is InChI=1S/C15H18N4O3S/c1-18(2)14-12(6-5-9-16-14)19(3)15(20)11-7-8-13(17-10-11)23(4,21)22/h5-10H,1-4H3. The first-order valence-corrected chi connectivity index (χ1v) is 8.67. The zero-order chi connectivity index (χ0) is 17.2. The van der Waals surface area contributed by atoms with Crippen molar-refractivity contribution in [1.29, 1.82) is 0 Å². The molecule has 0 bridgehead atoms. The zero-order valence-corrected chi connectivity index (χ0v) is 14.2. The van der Waals surface area contributed by atoms with Crippen molar-refractivity contribution in [2.24, 2.45) is 0 Å². The van der Waals surface area contributed by atoms with Gasteiger partial charge in [0.25, 0.3) is 5.91 Å². The predicted octanol–water partition coefficient (Wildman–Crippen LogP) is 1.22. The van der Waals surface area contributed by atoms with Crippen molar-refractivity contribution < 1.29 is 13.2 Å². The van der Waals surface area contributed by atoms with Crippen molar-refractivity contribution in [2.75, 3.05) is 37.2 Å². The van der Waals surface area contributed by atoms with Crippen molar-refractivity contribution >= 4 is 27.2 Å². The summed E-state index contributed by atoms with van der Waals surface area (Å²) < 4.78 is 22.8. The third-order valence-corrected chi connectivity index (χ3v) is 4.22. The molecule has 2 rings (SSSR count). The maximum Gasteiger partial charge on any atom is 0.259 e. The molecule has 122 valence electrons. The van der Waals surface area contributed by atoms with Gasteiger partial charge in [-0.2, -0.15) is 0 Å². The maximum atomic E-state index is 12.6. The fourth-order valence-corrected chi connectivity index (χ4v) is 2.58. The van der Waals surface area contributed by atoms with Gasteiger partial charge in [-0.25, -0.2) is 18.4 Å². The number of sulfone groups is 1. The molecule has 23 heavy (non-hydrogen) atoms. The van der Waals surface area contributed by atoms with Crippen LogP contribution in [0.1, 0.15) is 10.4 Å². The average molecular weight is 334 g/mol. The lowest BCUT2D eigenvalue weighted by atomic mass is 10.2. The van der Waals surface area contributed by atoms with E-state index >= 15 is 0 Å². The Balaban J connectivity index is 2.34. The second-order valence-corrected chi connectivity index (χ2v) is 7.22. The highest BCUT2D eigenvalue weighted by Crippen LogP contribution is 2.25. The largest absolute Gasteiger partial charge is 0.361 e. The summed E-state index contributed by atoms with van der Waals surface area (Å²) >= 11 is 0. The molecule has 0 atom stereocenters. The Kier molecular flexibility index (Phi) is 4.65. The van der Waals surface area contributed by atoms with Crippen LogP contribution in [0.3, 0.4) is 0 Å². The SMILES string of the molecule is CN(C)c1ncccc1N(C)C(=O)c1ccc(S(C)(=O)=O)nc1. The summed E-state index contributed by atoms with van der Waals surface area (Å²) in [7, 11) is 1.93. The minimum absolute atomic E-state index is 0.0629. The summed E-state index contributed by atoms with van der Waals surface area (Å²) in [4.78, 5) is 23.9. The van der Waals surface area contributed by atoms with Crippen molar-refractivity contribution in [1.82, 2.24) is 9.97 Å². The van der Waals surface area contributed by atoms with Crippen molar-refractivity contribution in [3.05, 3.63) is 42.2 Å². The highest BCUT2D eigenvalue weighted by atomic mass is 32.2. The topological polar surface area (TPSA) is 83.5 Å². The second-order valence-electron chi connectivity index (χ2n) is 5.26. The molecule has 0 aliphatic carbocycles. The Labute approximate surface area is 135 Å². The van der Waals surface area contributed by atoms with E-state index in [2.05, 4.69) is 9.97 Å². The summed E-state index contributed by atoms with van der Waals surface area (Å²) in [5.41, 5.74) is 0.947. The molecule has 8 heteroatoms. The number of amides is 1. The Morgan fingerprint density at radius 3 is 2.30 bits per heavy atom. The van der Waals surface area contributed by atoms with E-state index in [9.17, 15) is 13.2 Å². The lowest BCUT2D eigenvalue weighted by molar-refractivity contribution is 0.0992. The van der Waals surface area contributed by atoms with Gasteiger partial charge in [0.1, 0.15) is 0 Å². The third-order valence-electron chi connectivity index (χ3n) is 3.22. The van der Waals surface area contributed by atoms with E-state index in [1.165, 1.54) is 23.2 Å². The van der Waals surface area contributed by atoms with Crippen LogP contribution >= 0.6 is 0 Å². The molecule has 0 aromatic carbocycles. The van der Waals surface area contributed by atoms with Crippen molar-refractivity contribution in [3.63, 3.8) is 0 Å². The van der Waals surface area contributed by atoms with E-state index in [-0.39, 0.29) is 10.9 Å². The van der Waals surface area contributed by atoms with Crippen LogP contribution in [0, 0.1) is 0 Å². The van der Waals surface area contributed by atoms with Crippen LogP contribution in [0.15, 0.2) is 41.7 Å². The molecule has 0 aliphatic rings. The molecular weight excluding hydrogens is 316 g/mol. The van der Waals surface area contributed by atoms with Gasteiger partial charge in [-0.1, -0.05) is 0 Å². The number of aromatic nitrogens is 2. The normalized spacial score (nSPS) is 11.1. The first-order valence-electron chi connectivity index (χ1n) is 6.78. The van der Waals surface area contributed by atoms with Gasteiger partial charge in [-0.3, -0.25) is 4.79 Å². The van der Waals surface area contributed by atoms with Gasteiger partial charge in [0, 0.05) is 39.8 Å². The molecule has 0 fully saturated rings. The Bertz CT molecular complexity index is 817. The molecule has 2 heterocycles. The third kappa shape index (κ3) is 3.65. The monoisotopic (exact) mass is 334 g/mol. The van der Waals surface area contributed by atoms with Gasteiger partial charge in [0.05, 0.1) is 11.3 Å². The van der Waals surface area contributed by atoms with Crippen LogP contribution in [0.4, 0.5) is 11.5 Å². The zero-order valence-electron chi connectivity index (χ0n) is 13.4. The molecular formula is C15H18N4O3S. The van der Waals surface area contributed by atoms with Crippen molar-refractivity contribution in [2.45, 2.75) is 5.03 Å². The fraction of sp³-hybridized carbons (Fsp3) is 0.267. The predicted molar refractivity (Wildman–Crippen MR) is 88.6 cm³/mol. The molecule has 2 aromatic rings. The molecule has 0 radical (unpaired) electrons. The van der Waals surface area contributed by atoms with Gasteiger partial charge in [-0.05, 0) is 24.3 Å². The number of pyridine rings is 2. The van der Waals surface area contributed by atoms with Crippen LogP contribution in [-0.4, -0.2) is 51.7 Å². The number of hydrogen-bond donors (Lipinski definition) is 0. The van der Waals surface area contributed by atoms with E-state index in [4.69, 9.17) is 0 Å². The Hall–Kier alpha value is -2.48. The van der Waals surface area contributed by atoms with E-state index < -0.39 is 9.84 Å². The number of carbonyl (C=O) groups is 1. The number of rotatable bonds is 4. The Morgan fingerprint density at radius 1 is 1.09 bits per heavy atom. The van der Waals surface area contributed by atoms with Crippen LogP contribution < -0.4 is 9.80 Å². The Morgan fingerprint density at radius 2 is 1.78 bits per heavy atom. The number of hydrogen-bond acceptors (Lipinski definition) is 6. The van der Waals surface area contributed by atoms with Crippen LogP contribution in [0.25, 0.3) is 0 Å². The van der Waals surface area contributed by atoms with E-state index in [0.717, 1.165) is 6.26 Å². The summed E-state index contributed by atoms with van der Waals surface area (Å²) in [6.07, 6.45) is 3.99. The first-order chi connectivity index (χ1) is 10.7. The molecule has 7 nitrogen and oxygen atoms in total. The minimum atomic E-state index is -3.39. The second kappa shape index (κ2) is 6.33. The highest BCUT2D eigenvalue weighted by Gasteiger charge is 2.19. The number of carbonyl (C=O) groups excluding carboxylic acids is 1. The van der Waals surface area contributed by atoms with Gasteiger partial charge >= 0.3 is 0 Å². The fourth-order valence-electron chi connectivity index (χ4n) is 2.02. The van der Waals surface area contributed by atoms with Gasteiger partial charge in [0.15, 0.2) is 20.7 Å². The average Bonchev–Trinajstić information content (AvgIpc) is 2.52. The molecule has 0 unspecified atom stereocenters. The van der Waals surface area contributed by atoms with E-state index in [1.807, 2.05) is 19.0 Å². The molecule has 0 aliphatic heterocycles. The molecule has 0 saturated carbocycles. The van der Waals surface area contributed by atoms with E-state index in [0.29, 0.717) is 17.1 Å². The minimum Gasteiger partial charge on any atom is -0.361 e. The number of nitrogens with zero attached hydrogens (tertiary/aromatic N) is 4. The highest BCUT2D eigenvalue weighted by molar-refractivity contribution is 7.90. The molecule has 0 N–H and O–H groups in total. The van der Waals surface area contributed by atoms with Gasteiger partial charge in [-0.15, -0.1) is 0 Å². The molecule has 0 saturated heterocycles. The van der Waals surface area contributed by atoms with Gasteiger partial charge in [0.2, 0.25) is 0 Å². The molecule has 1 amide bonds. The lowest BCUT2D eigenvalue weighted by Gasteiger charge is -2.23. The van der Waals surface area contributed by atoms with Crippen LogP contribution in [0.5, 0.6) is 0 Å². The quantitative estimate of drug-likeness (QED) is 0.836. The first kappa shape index (κ1) is 16.9. The summed E-state index contributed by atoms with van der Waals surface area (Å²) in [6.45, 7) is 0. The summed E-state index contributed by atoms with van der Waals surface area (Å²) in [6, 6.07) is 6.32. The molecule has 2 aromatic heterocycles. The van der Waals surface area contributed by atoms with E-state index in [1.54, 1.807) is 25.4 Å². The summed E-state index contributed by atoms with van der Waals surface area (Å²) in [5, 5.41) is -0.0629. The van der Waals surface area contributed by atoms with Crippen LogP contribution in [-0.2, 0) is 9.84 Å². The summed E-state index contributed by atoms with van der Waals surface area (Å²) in [5.74, 6) is 0.359.